The number of hydrogen-bond acceptors (Lipinski definition) is 4. The summed E-state index contributed by atoms with van der Waals surface area (Å²) in [5.41, 5.74) is 0. The van der Waals surface area contributed by atoms with Crippen molar-refractivity contribution in [3.63, 3.8) is 0 Å². The van der Waals surface area contributed by atoms with Crippen molar-refractivity contribution in [2.75, 3.05) is 39.5 Å². The third-order valence-corrected chi connectivity index (χ3v) is 3.53. The molecule has 0 aliphatic carbocycles. The Balaban J connectivity index is 1.93. The maximum atomic E-state index is 5.62. The molecular weight excluding hydrogens is 204 g/mol. The Morgan fingerprint density at radius 1 is 1.38 bits per heavy atom. The topological polar surface area (TPSA) is 33.7 Å². The van der Waals surface area contributed by atoms with E-state index in [0.717, 1.165) is 45.9 Å². The lowest BCUT2D eigenvalue weighted by Gasteiger charge is -2.43. The average molecular weight is 228 g/mol. The molecule has 2 fully saturated rings. The Morgan fingerprint density at radius 3 is 3.00 bits per heavy atom. The SMILES string of the molecule is CCNC1CCOCC1N1CCOC(C)C1. The lowest BCUT2D eigenvalue weighted by Crippen LogP contribution is -2.59. The largest absolute Gasteiger partial charge is 0.380 e. The molecule has 94 valence electrons. The number of rotatable bonds is 3. The van der Waals surface area contributed by atoms with Crippen LogP contribution in [-0.4, -0.2) is 62.5 Å². The summed E-state index contributed by atoms with van der Waals surface area (Å²) < 4.78 is 11.2. The van der Waals surface area contributed by atoms with Gasteiger partial charge >= 0.3 is 0 Å². The molecule has 2 saturated heterocycles. The Bertz CT molecular complexity index is 211. The number of nitrogens with zero attached hydrogens (tertiary/aromatic N) is 1. The minimum atomic E-state index is 0.359. The third kappa shape index (κ3) is 2.94. The summed E-state index contributed by atoms with van der Waals surface area (Å²) in [5, 5.41) is 3.58. The van der Waals surface area contributed by atoms with Crippen molar-refractivity contribution < 1.29 is 9.47 Å². The molecule has 0 aromatic rings. The number of nitrogens with one attached hydrogen (secondary N) is 1. The molecule has 0 spiro atoms. The molecule has 0 amide bonds. The molecule has 2 rings (SSSR count). The molecular formula is C12H24N2O2. The summed E-state index contributed by atoms with van der Waals surface area (Å²) in [6, 6.07) is 1.11. The number of hydrogen-bond donors (Lipinski definition) is 1. The second-order valence-electron chi connectivity index (χ2n) is 4.77. The van der Waals surface area contributed by atoms with Gasteiger partial charge in [-0.15, -0.1) is 0 Å². The van der Waals surface area contributed by atoms with Gasteiger partial charge < -0.3 is 14.8 Å². The fourth-order valence-electron chi connectivity index (χ4n) is 2.73. The molecule has 0 saturated carbocycles. The Labute approximate surface area is 98.3 Å². The van der Waals surface area contributed by atoms with E-state index in [-0.39, 0.29) is 0 Å². The molecule has 2 aliphatic rings. The molecule has 4 nitrogen and oxygen atoms in total. The first-order valence-corrected chi connectivity index (χ1v) is 6.48. The van der Waals surface area contributed by atoms with Crippen LogP contribution in [0, 0.1) is 0 Å². The van der Waals surface area contributed by atoms with Gasteiger partial charge in [0.05, 0.1) is 19.3 Å². The summed E-state index contributed by atoms with van der Waals surface area (Å²) in [6.45, 7) is 10.1. The first-order chi connectivity index (χ1) is 7.81. The van der Waals surface area contributed by atoms with Crippen LogP contribution in [0.3, 0.4) is 0 Å². The van der Waals surface area contributed by atoms with Gasteiger partial charge in [0.1, 0.15) is 0 Å². The highest BCUT2D eigenvalue weighted by Crippen LogP contribution is 2.17. The summed E-state index contributed by atoms with van der Waals surface area (Å²) in [7, 11) is 0. The van der Waals surface area contributed by atoms with E-state index >= 15 is 0 Å². The van der Waals surface area contributed by atoms with E-state index in [2.05, 4.69) is 24.1 Å². The zero-order chi connectivity index (χ0) is 11.4. The average Bonchev–Trinajstić information content (AvgIpc) is 2.30. The minimum absolute atomic E-state index is 0.359. The van der Waals surface area contributed by atoms with Gasteiger partial charge in [0.25, 0.3) is 0 Å². The maximum Gasteiger partial charge on any atom is 0.0674 e. The van der Waals surface area contributed by atoms with Crippen molar-refractivity contribution in [3.05, 3.63) is 0 Å². The van der Waals surface area contributed by atoms with Crippen molar-refractivity contribution in [1.82, 2.24) is 10.2 Å². The van der Waals surface area contributed by atoms with Gasteiger partial charge in [0.15, 0.2) is 0 Å². The fraction of sp³-hybridized carbons (Fsp3) is 1.00. The monoisotopic (exact) mass is 228 g/mol. The van der Waals surface area contributed by atoms with Crippen LogP contribution in [0.4, 0.5) is 0 Å². The zero-order valence-corrected chi connectivity index (χ0v) is 10.4. The van der Waals surface area contributed by atoms with Gasteiger partial charge in [0.2, 0.25) is 0 Å². The van der Waals surface area contributed by atoms with E-state index in [1.54, 1.807) is 0 Å². The highest BCUT2D eigenvalue weighted by atomic mass is 16.5. The Kier molecular flexibility index (Phi) is 4.58. The molecule has 3 unspecified atom stereocenters. The van der Waals surface area contributed by atoms with Crippen LogP contribution in [0.2, 0.25) is 0 Å². The Morgan fingerprint density at radius 2 is 2.25 bits per heavy atom. The molecule has 4 heteroatoms. The molecule has 2 heterocycles. The first-order valence-electron chi connectivity index (χ1n) is 6.48. The smallest absolute Gasteiger partial charge is 0.0674 e. The molecule has 0 bridgehead atoms. The number of likely N-dealkylation sites (N-methyl/N-ethyl adjacent to an activating group) is 1. The fourth-order valence-corrected chi connectivity index (χ4v) is 2.73. The lowest BCUT2D eigenvalue weighted by molar-refractivity contribution is -0.0716. The van der Waals surface area contributed by atoms with Crippen molar-refractivity contribution in [2.24, 2.45) is 0 Å². The number of ether oxygens (including phenoxy) is 2. The van der Waals surface area contributed by atoms with E-state index in [1.165, 1.54) is 0 Å². The van der Waals surface area contributed by atoms with Crippen LogP contribution in [-0.2, 0) is 9.47 Å². The standard InChI is InChI=1S/C12H24N2O2/c1-3-13-11-4-6-15-9-12(11)14-5-7-16-10(2)8-14/h10-13H,3-9H2,1-2H3. The van der Waals surface area contributed by atoms with E-state index in [9.17, 15) is 0 Å². The van der Waals surface area contributed by atoms with E-state index in [0.29, 0.717) is 18.2 Å². The highest BCUT2D eigenvalue weighted by molar-refractivity contribution is 4.88. The van der Waals surface area contributed by atoms with Gasteiger partial charge in [-0.3, -0.25) is 4.90 Å². The first kappa shape index (κ1) is 12.3. The van der Waals surface area contributed by atoms with Crippen LogP contribution < -0.4 is 5.32 Å². The zero-order valence-electron chi connectivity index (χ0n) is 10.4. The van der Waals surface area contributed by atoms with Crippen LogP contribution >= 0.6 is 0 Å². The van der Waals surface area contributed by atoms with Gasteiger partial charge in [-0.1, -0.05) is 6.92 Å². The molecule has 16 heavy (non-hydrogen) atoms. The minimum Gasteiger partial charge on any atom is -0.380 e. The summed E-state index contributed by atoms with van der Waals surface area (Å²) in [4.78, 5) is 2.53. The molecule has 0 aromatic heterocycles. The number of morpholine rings is 1. The maximum absolute atomic E-state index is 5.62. The van der Waals surface area contributed by atoms with Gasteiger partial charge in [-0.25, -0.2) is 0 Å². The van der Waals surface area contributed by atoms with Crippen LogP contribution in [0.25, 0.3) is 0 Å². The van der Waals surface area contributed by atoms with E-state index in [1.807, 2.05) is 0 Å². The molecule has 1 N–H and O–H groups in total. The third-order valence-electron chi connectivity index (χ3n) is 3.53. The van der Waals surface area contributed by atoms with Crippen LogP contribution in [0.15, 0.2) is 0 Å². The molecule has 0 aromatic carbocycles. The normalized spacial score (nSPS) is 37.5. The predicted octanol–water partition coefficient (Wildman–Crippen LogP) is 0.474. The second-order valence-corrected chi connectivity index (χ2v) is 4.77. The van der Waals surface area contributed by atoms with Crippen molar-refractivity contribution in [2.45, 2.75) is 38.5 Å². The molecule has 2 aliphatic heterocycles. The van der Waals surface area contributed by atoms with Crippen molar-refractivity contribution in [1.29, 1.82) is 0 Å². The van der Waals surface area contributed by atoms with E-state index < -0.39 is 0 Å². The summed E-state index contributed by atoms with van der Waals surface area (Å²) in [5.74, 6) is 0. The van der Waals surface area contributed by atoms with E-state index in [4.69, 9.17) is 9.47 Å². The van der Waals surface area contributed by atoms with Gasteiger partial charge in [-0.05, 0) is 19.9 Å². The predicted molar refractivity (Wildman–Crippen MR) is 63.7 cm³/mol. The summed E-state index contributed by atoms with van der Waals surface area (Å²) in [6.07, 6.45) is 1.49. The Hall–Kier alpha value is -0.160. The van der Waals surface area contributed by atoms with Crippen LogP contribution in [0.1, 0.15) is 20.3 Å². The van der Waals surface area contributed by atoms with Crippen LogP contribution in [0.5, 0.6) is 0 Å². The molecule has 3 atom stereocenters. The lowest BCUT2D eigenvalue weighted by atomic mass is 10.0. The van der Waals surface area contributed by atoms with Gasteiger partial charge in [-0.2, -0.15) is 0 Å². The van der Waals surface area contributed by atoms with Crippen molar-refractivity contribution >= 4 is 0 Å². The highest BCUT2D eigenvalue weighted by Gasteiger charge is 2.32. The quantitative estimate of drug-likeness (QED) is 0.761. The van der Waals surface area contributed by atoms with Crippen molar-refractivity contribution in [3.8, 4) is 0 Å². The summed E-state index contributed by atoms with van der Waals surface area (Å²) >= 11 is 0. The van der Waals surface area contributed by atoms with Gasteiger partial charge in [0, 0.05) is 31.8 Å². The molecule has 0 radical (unpaired) electrons. The second kappa shape index (κ2) is 5.96.